The Morgan fingerprint density at radius 1 is 1.06 bits per heavy atom. The van der Waals surface area contributed by atoms with Crippen molar-refractivity contribution in [1.29, 1.82) is 0 Å². The van der Waals surface area contributed by atoms with E-state index in [2.05, 4.69) is 4.74 Å². The molecular formula is C23H23N3O9. The fourth-order valence-corrected chi connectivity index (χ4v) is 3.78. The number of hydrogen-bond acceptors (Lipinski definition) is 9. The lowest BCUT2D eigenvalue weighted by atomic mass is 10.2. The summed E-state index contributed by atoms with van der Waals surface area (Å²) >= 11 is 0. The highest BCUT2D eigenvalue weighted by Gasteiger charge is 2.33. The van der Waals surface area contributed by atoms with Gasteiger partial charge in [0.25, 0.3) is 11.8 Å². The molecule has 2 aliphatic rings. The molecule has 0 spiro atoms. The van der Waals surface area contributed by atoms with Crippen LogP contribution in [-0.4, -0.2) is 85.1 Å². The van der Waals surface area contributed by atoms with E-state index < -0.39 is 29.3 Å². The van der Waals surface area contributed by atoms with Gasteiger partial charge in [0.1, 0.15) is 6.61 Å². The van der Waals surface area contributed by atoms with Gasteiger partial charge in [-0.15, -0.1) is 0 Å². The van der Waals surface area contributed by atoms with Crippen molar-refractivity contribution < 1.29 is 38.3 Å². The van der Waals surface area contributed by atoms with Crippen LogP contribution in [0.3, 0.4) is 0 Å². The van der Waals surface area contributed by atoms with Crippen LogP contribution in [0.15, 0.2) is 42.5 Å². The highest BCUT2D eigenvalue weighted by atomic mass is 16.6. The molecule has 0 N–H and O–H groups in total. The Bertz CT molecular complexity index is 1140. The number of ether oxygens (including phenoxy) is 4. The average Bonchev–Trinajstić information content (AvgIpc) is 2.90. The van der Waals surface area contributed by atoms with Gasteiger partial charge in [0.15, 0.2) is 23.9 Å². The Hall–Kier alpha value is -4.35. The monoisotopic (exact) mass is 485 g/mol. The molecule has 0 bridgehead atoms. The van der Waals surface area contributed by atoms with Crippen LogP contribution in [-0.2, 0) is 14.3 Å². The van der Waals surface area contributed by atoms with Gasteiger partial charge in [-0.05, 0) is 24.3 Å². The van der Waals surface area contributed by atoms with Gasteiger partial charge in [0.05, 0.1) is 17.6 Å². The number of esters is 1. The number of hydrogen-bond donors (Lipinski definition) is 0. The number of benzene rings is 2. The van der Waals surface area contributed by atoms with Crippen molar-refractivity contribution >= 4 is 23.5 Å². The van der Waals surface area contributed by atoms with Gasteiger partial charge >= 0.3 is 11.7 Å². The molecule has 2 aliphatic heterocycles. The zero-order chi connectivity index (χ0) is 24.9. The van der Waals surface area contributed by atoms with Gasteiger partial charge in [0, 0.05) is 32.2 Å². The van der Waals surface area contributed by atoms with Crippen LogP contribution in [0, 0.1) is 10.1 Å². The first-order valence-corrected chi connectivity index (χ1v) is 10.8. The molecule has 1 unspecified atom stereocenters. The predicted octanol–water partition coefficient (Wildman–Crippen LogP) is 1.27. The van der Waals surface area contributed by atoms with Crippen molar-refractivity contribution in [3.63, 3.8) is 0 Å². The maximum absolute atomic E-state index is 12.8. The van der Waals surface area contributed by atoms with E-state index in [1.165, 1.54) is 24.1 Å². The van der Waals surface area contributed by atoms with Crippen molar-refractivity contribution in [2.24, 2.45) is 0 Å². The molecule has 0 aromatic heterocycles. The van der Waals surface area contributed by atoms with Gasteiger partial charge in [-0.1, -0.05) is 12.1 Å². The molecule has 0 aliphatic carbocycles. The van der Waals surface area contributed by atoms with Crippen LogP contribution in [0.1, 0.15) is 10.4 Å². The summed E-state index contributed by atoms with van der Waals surface area (Å²) in [6, 6.07) is 10.7. The first kappa shape index (κ1) is 23.8. The van der Waals surface area contributed by atoms with Crippen LogP contribution in [0.4, 0.5) is 5.69 Å². The summed E-state index contributed by atoms with van der Waals surface area (Å²) in [4.78, 5) is 50.8. The lowest BCUT2D eigenvalue weighted by Gasteiger charge is -2.37. The molecule has 35 heavy (non-hydrogen) atoms. The van der Waals surface area contributed by atoms with Crippen LogP contribution >= 0.6 is 0 Å². The Morgan fingerprint density at radius 3 is 2.43 bits per heavy atom. The van der Waals surface area contributed by atoms with Crippen LogP contribution < -0.4 is 14.2 Å². The zero-order valence-electron chi connectivity index (χ0n) is 18.9. The van der Waals surface area contributed by atoms with E-state index in [9.17, 15) is 24.5 Å². The topological polar surface area (TPSA) is 138 Å². The Morgan fingerprint density at radius 2 is 1.74 bits per heavy atom. The number of amides is 2. The highest BCUT2D eigenvalue weighted by molar-refractivity contribution is 5.90. The number of nitro benzene ring substituents is 1. The van der Waals surface area contributed by atoms with Crippen LogP contribution in [0.5, 0.6) is 17.2 Å². The smallest absolute Gasteiger partial charge is 0.338 e. The minimum atomic E-state index is -0.760. The first-order valence-electron chi connectivity index (χ1n) is 10.8. The summed E-state index contributed by atoms with van der Waals surface area (Å²) in [5, 5.41) is 11.4. The molecule has 2 aromatic carbocycles. The van der Waals surface area contributed by atoms with E-state index in [0.717, 1.165) is 6.07 Å². The summed E-state index contributed by atoms with van der Waals surface area (Å²) < 4.78 is 21.3. The molecule has 12 heteroatoms. The molecule has 2 amide bonds. The van der Waals surface area contributed by atoms with Gasteiger partial charge < -0.3 is 28.7 Å². The SMILES string of the molecule is COC(=O)c1ccc(OCC(=O)N2CCN(C(=O)C3COc4ccccc4O3)CC2)c([N+](=O)[O-])c1. The van der Waals surface area contributed by atoms with Gasteiger partial charge in [-0.2, -0.15) is 0 Å². The molecule has 1 atom stereocenters. The van der Waals surface area contributed by atoms with E-state index in [1.807, 2.05) is 6.07 Å². The molecule has 0 saturated carbocycles. The lowest BCUT2D eigenvalue weighted by molar-refractivity contribution is -0.385. The second kappa shape index (κ2) is 10.3. The third-order valence-electron chi connectivity index (χ3n) is 5.66. The summed E-state index contributed by atoms with van der Waals surface area (Å²) in [6.45, 7) is 0.849. The van der Waals surface area contributed by atoms with Crippen LogP contribution in [0.25, 0.3) is 0 Å². The second-order valence-electron chi connectivity index (χ2n) is 7.79. The third kappa shape index (κ3) is 5.26. The van der Waals surface area contributed by atoms with Crippen molar-refractivity contribution in [3.8, 4) is 17.2 Å². The van der Waals surface area contributed by atoms with Gasteiger partial charge in [-0.25, -0.2) is 4.79 Å². The Labute approximate surface area is 200 Å². The van der Waals surface area contributed by atoms with E-state index in [-0.39, 0.29) is 42.8 Å². The maximum Gasteiger partial charge on any atom is 0.338 e. The van der Waals surface area contributed by atoms with Crippen molar-refractivity contribution in [2.45, 2.75) is 6.10 Å². The van der Waals surface area contributed by atoms with Crippen molar-refractivity contribution in [1.82, 2.24) is 9.80 Å². The van der Waals surface area contributed by atoms with Gasteiger partial charge in [0.2, 0.25) is 6.10 Å². The largest absolute Gasteiger partial charge is 0.485 e. The number of para-hydroxylation sites is 2. The van der Waals surface area contributed by atoms with Crippen molar-refractivity contribution in [3.05, 3.63) is 58.1 Å². The molecule has 0 radical (unpaired) electrons. The standard InChI is InChI=1S/C23H23N3O9/c1-32-23(29)15-6-7-17(16(12-15)26(30)31)34-14-21(27)24-8-10-25(11-9-24)22(28)20-13-33-18-4-2-3-5-19(18)35-20/h2-7,12,20H,8-11,13-14H2,1H3. The van der Waals surface area contributed by atoms with Crippen molar-refractivity contribution in [2.75, 3.05) is 46.5 Å². The molecule has 184 valence electrons. The fraction of sp³-hybridized carbons (Fsp3) is 0.348. The zero-order valence-corrected chi connectivity index (χ0v) is 18.9. The summed E-state index contributed by atoms with van der Waals surface area (Å²) in [5.74, 6) is -0.361. The molecule has 12 nitrogen and oxygen atoms in total. The van der Waals surface area contributed by atoms with E-state index in [0.29, 0.717) is 24.6 Å². The number of carbonyl (C=O) groups is 3. The molecule has 2 aromatic rings. The number of fused-ring (bicyclic) bond motifs is 1. The third-order valence-corrected chi connectivity index (χ3v) is 5.66. The number of nitrogens with zero attached hydrogens (tertiary/aromatic N) is 3. The summed E-state index contributed by atoms with van der Waals surface area (Å²) in [7, 11) is 1.17. The normalized spacial score (nSPS) is 16.9. The first-order chi connectivity index (χ1) is 16.9. The molecular weight excluding hydrogens is 462 g/mol. The molecule has 1 saturated heterocycles. The molecule has 1 fully saturated rings. The number of methoxy groups -OCH3 is 1. The molecule has 2 heterocycles. The van der Waals surface area contributed by atoms with E-state index >= 15 is 0 Å². The Balaban J connectivity index is 1.29. The highest BCUT2D eigenvalue weighted by Crippen LogP contribution is 2.31. The lowest BCUT2D eigenvalue weighted by Crippen LogP contribution is -2.55. The minimum Gasteiger partial charge on any atom is -0.485 e. The van der Waals surface area contributed by atoms with Crippen LogP contribution in [0.2, 0.25) is 0 Å². The number of piperazine rings is 1. The number of nitro groups is 1. The quantitative estimate of drug-likeness (QED) is 0.336. The minimum absolute atomic E-state index is 0.00509. The molecule has 4 rings (SSSR count). The number of carbonyl (C=O) groups excluding carboxylic acids is 3. The van der Waals surface area contributed by atoms with Gasteiger partial charge in [-0.3, -0.25) is 19.7 Å². The number of rotatable bonds is 6. The summed E-state index contributed by atoms with van der Waals surface area (Å²) in [6.07, 6.45) is -0.760. The second-order valence-corrected chi connectivity index (χ2v) is 7.79. The predicted molar refractivity (Wildman–Crippen MR) is 119 cm³/mol. The van der Waals surface area contributed by atoms with E-state index in [4.69, 9.17) is 14.2 Å². The Kier molecular flexibility index (Phi) is 6.99. The van der Waals surface area contributed by atoms with E-state index in [1.54, 1.807) is 23.1 Å². The fourth-order valence-electron chi connectivity index (χ4n) is 3.78. The summed E-state index contributed by atoms with van der Waals surface area (Å²) in [5.41, 5.74) is -0.457. The maximum atomic E-state index is 12.8. The average molecular weight is 485 g/mol.